The molecule has 0 radical (unpaired) electrons. The van der Waals surface area contributed by atoms with Crippen LogP contribution < -0.4 is 0 Å². The topological polar surface area (TPSA) is 125 Å². The van der Waals surface area contributed by atoms with E-state index in [4.69, 9.17) is 29.0 Å². The number of methoxy groups -OCH3 is 2. The molecule has 0 aromatic carbocycles. The molecule has 11 heteroatoms. The van der Waals surface area contributed by atoms with Crippen LogP contribution in [0.4, 0.5) is 0 Å². The third kappa shape index (κ3) is 7.06. The van der Waals surface area contributed by atoms with E-state index in [-0.39, 0.29) is 0 Å². The predicted molar refractivity (Wildman–Crippen MR) is 101 cm³/mol. The lowest BCUT2D eigenvalue weighted by Gasteiger charge is -2.16. The summed E-state index contributed by atoms with van der Waals surface area (Å²) >= 11 is 0. The van der Waals surface area contributed by atoms with Gasteiger partial charge in [0, 0.05) is 26.7 Å². The molecule has 0 N–H and O–H groups in total. The summed E-state index contributed by atoms with van der Waals surface area (Å²) in [4.78, 5) is 54.3. The zero-order valence-electron chi connectivity index (χ0n) is 18.2. The van der Waals surface area contributed by atoms with Crippen molar-refractivity contribution in [3.05, 3.63) is 11.6 Å². The normalized spacial score (nSPS) is 30.9. The van der Waals surface area contributed by atoms with E-state index in [0.717, 1.165) is 19.1 Å². The number of hydrogen-bond donors (Lipinski definition) is 0. The lowest BCUT2D eigenvalue weighted by atomic mass is 10.1. The van der Waals surface area contributed by atoms with Crippen molar-refractivity contribution >= 4 is 18.2 Å². The van der Waals surface area contributed by atoms with Crippen LogP contribution >= 0.6 is 0 Å². The number of carbonyl (C=O) groups excluding carboxylic acids is 3. The number of rotatable bonds is 12. The summed E-state index contributed by atoms with van der Waals surface area (Å²) in [7, 11) is 2.47. The number of esters is 2. The highest BCUT2D eigenvalue weighted by Gasteiger charge is 2.48. The van der Waals surface area contributed by atoms with Crippen molar-refractivity contribution in [1.29, 1.82) is 0 Å². The Labute approximate surface area is 180 Å². The van der Waals surface area contributed by atoms with Crippen molar-refractivity contribution in [2.75, 3.05) is 14.2 Å². The van der Waals surface area contributed by atoms with E-state index in [2.05, 4.69) is 9.47 Å². The highest BCUT2D eigenvalue weighted by molar-refractivity contribution is 5.77. The van der Waals surface area contributed by atoms with Gasteiger partial charge in [-0.05, 0) is 37.7 Å². The van der Waals surface area contributed by atoms with E-state index in [9.17, 15) is 14.4 Å². The molecular weight excluding hydrogens is 416 g/mol. The van der Waals surface area contributed by atoms with E-state index in [1.807, 2.05) is 6.08 Å². The Bertz CT molecular complexity index is 664. The Kier molecular flexibility index (Phi) is 9.54. The molecule has 4 atom stereocenters. The van der Waals surface area contributed by atoms with Crippen molar-refractivity contribution in [2.24, 2.45) is 0 Å². The van der Waals surface area contributed by atoms with Crippen LogP contribution in [0.1, 0.15) is 58.8 Å². The van der Waals surface area contributed by atoms with Gasteiger partial charge in [0.05, 0.1) is 14.2 Å². The fourth-order valence-electron chi connectivity index (χ4n) is 3.05. The van der Waals surface area contributed by atoms with Crippen LogP contribution in [0, 0.1) is 0 Å². The minimum absolute atomic E-state index is 0.451. The second kappa shape index (κ2) is 11.7. The molecule has 4 unspecified atom stereocenters. The largest absolute Gasteiger partial charge is 0.465 e. The SMILES string of the molecule is COC(=O)C1(C)OOC(CCCC/C=C(/C=O)CCCC2OOC(C)(C(=O)OC)O2)O1. The monoisotopic (exact) mass is 446 g/mol. The highest BCUT2D eigenvalue weighted by Crippen LogP contribution is 2.30. The van der Waals surface area contributed by atoms with Gasteiger partial charge >= 0.3 is 11.9 Å². The number of ether oxygens (including phenoxy) is 4. The molecule has 0 bridgehead atoms. The summed E-state index contributed by atoms with van der Waals surface area (Å²) in [6.45, 7) is 2.85. The van der Waals surface area contributed by atoms with Gasteiger partial charge in [-0.2, -0.15) is 9.78 Å². The first kappa shape index (κ1) is 25.4. The van der Waals surface area contributed by atoms with Crippen molar-refractivity contribution < 1.29 is 52.9 Å². The van der Waals surface area contributed by atoms with E-state index < -0.39 is 36.1 Å². The molecule has 0 saturated carbocycles. The second-order valence-corrected chi connectivity index (χ2v) is 7.40. The van der Waals surface area contributed by atoms with Gasteiger partial charge in [-0.15, -0.1) is 0 Å². The molecule has 2 fully saturated rings. The van der Waals surface area contributed by atoms with Crippen LogP contribution in [0.5, 0.6) is 0 Å². The van der Waals surface area contributed by atoms with Crippen molar-refractivity contribution in [3.8, 4) is 0 Å². The number of unbranched alkanes of at least 4 members (excludes halogenated alkanes) is 2. The maximum absolute atomic E-state index is 11.6. The Morgan fingerprint density at radius 2 is 1.39 bits per heavy atom. The Hall–Kier alpha value is -1.89. The smallest absolute Gasteiger partial charge is 0.369 e. The minimum atomic E-state index is -1.57. The molecule has 2 aliphatic heterocycles. The first-order valence-electron chi connectivity index (χ1n) is 10.1. The molecule has 2 saturated heterocycles. The van der Waals surface area contributed by atoms with Crippen LogP contribution in [0.2, 0.25) is 0 Å². The zero-order chi connectivity index (χ0) is 22.9. The number of aldehydes is 1. The number of carbonyl (C=O) groups is 3. The van der Waals surface area contributed by atoms with Gasteiger partial charge in [0.25, 0.3) is 11.6 Å². The molecule has 0 aromatic rings. The molecule has 2 aliphatic rings. The second-order valence-electron chi connectivity index (χ2n) is 7.40. The van der Waals surface area contributed by atoms with Crippen LogP contribution in [0.25, 0.3) is 0 Å². The molecule has 0 aliphatic carbocycles. The van der Waals surface area contributed by atoms with Crippen molar-refractivity contribution in [3.63, 3.8) is 0 Å². The third-order valence-corrected chi connectivity index (χ3v) is 4.81. The molecule has 176 valence electrons. The fraction of sp³-hybridized carbons (Fsp3) is 0.750. The van der Waals surface area contributed by atoms with Crippen LogP contribution in [-0.4, -0.2) is 56.6 Å². The van der Waals surface area contributed by atoms with Gasteiger partial charge in [-0.25, -0.2) is 19.4 Å². The molecule has 0 aromatic heterocycles. The van der Waals surface area contributed by atoms with Gasteiger partial charge in [0.1, 0.15) is 6.29 Å². The average Bonchev–Trinajstić information content (AvgIpc) is 3.35. The first-order chi connectivity index (χ1) is 14.8. The summed E-state index contributed by atoms with van der Waals surface area (Å²) < 4.78 is 20.1. The van der Waals surface area contributed by atoms with Gasteiger partial charge < -0.3 is 18.9 Å². The molecule has 0 spiro atoms. The zero-order valence-corrected chi connectivity index (χ0v) is 18.2. The molecule has 11 nitrogen and oxygen atoms in total. The summed E-state index contributed by atoms with van der Waals surface area (Å²) in [6, 6.07) is 0. The summed E-state index contributed by atoms with van der Waals surface area (Å²) in [5.41, 5.74) is 0.671. The van der Waals surface area contributed by atoms with Crippen LogP contribution in [0.15, 0.2) is 11.6 Å². The van der Waals surface area contributed by atoms with Crippen LogP contribution in [0.3, 0.4) is 0 Å². The van der Waals surface area contributed by atoms with E-state index >= 15 is 0 Å². The van der Waals surface area contributed by atoms with Crippen molar-refractivity contribution in [1.82, 2.24) is 0 Å². The predicted octanol–water partition coefficient (Wildman–Crippen LogP) is 2.23. The molecule has 31 heavy (non-hydrogen) atoms. The molecule has 2 rings (SSSR count). The lowest BCUT2D eigenvalue weighted by molar-refractivity contribution is -0.321. The lowest BCUT2D eigenvalue weighted by Crippen LogP contribution is -2.38. The molecular formula is C20H30O11. The third-order valence-electron chi connectivity index (χ3n) is 4.81. The first-order valence-corrected chi connectivity index (χ1v) is 10.1. The molecule has 2 heterocycles. The Morgan fingerprint density at radius 3 is 1.87 bits per heavy atom. The Morgan fingerprint density at radius 1 is 0.871 bits per heavy atom. The highest BCUT2D eigenvalue weighted by atomic mass is 17.3. The van der Waals surface area contributed by atoms with E-state index in [1.165, 1.54) is 28.1 Å². The minimum Gasteiger partial charge on any atom is -0.465 e. The van der Waals surface area contributed by atoms with Gasteiger partial charge in [-0.1, -0.05) is 6.08 Å². The summed E-state index contributed by atoms with van der Waals surface area (Å²) in [5.74, 6) is -4.47. The van der Waals surface area contributed by atoms with Crippen LogP contribution in [-0.2, 0) is 52.9 Å². The average molecular weight is 446 g/mol. The summed E-state index contributed by atoms with van der Waals surface area (Å²) in [6.07, 6.45) is 5.74. The van der Waals surface area contributed by atoms with Gasteiger partial charge in [0.15, 0.2) is 12.6 Å². The summed E-state index contributed by atoms with van der Waals surface area (Å²) in [5, 5.41) is 0. The van der Waals surface area contributed by atoms with E-state index in [0.29, 0.717) is 37.7 Å². The van der Waals surface area contributed by atoms with Crippen molar-refractivity contribution in [2.45, 2.75) is 82.9 Å². The maximum Gasteiger partial charge on any atom is 0.369 e. The maximum atomic E-state index is 11.6. The molecule has 0 amide bonds. The van der Waals surface area contributed by atoms with Gasteiger partial charge in [-0.3, -0.25) is 4.79 Å². The number of hydrogen-bond acceptors (Lipinski definition) is 11. The fourth-order valence-corrected chi connectivity index (χ4v) is 3.05. The number of allylic oxidation sites excluding steroid dienone is 2. The Balaban J connectivity index is 1.61. The van der Waals surface area contributed by atoms with E-state index in [1.54, 1.807) is 0 Å². The van der Waals surface area contributed by atoms with Gasteiger partial charge in [0.2, 0.25) is 0 Å². The standard InChI is InChI=1S/C20H30O11/c1-19(17(22)24-3)26-15(28-30-19)11-7-5-6-9-14(13-21)10-8-12-16-27-20(2,31-29-16)18(23)25-4/h9,13,15-16H,5-8,10-12H2,1-4H3/b14-9+. The quantitative estimate of drug-likeness (QED) is 0.144.